The van der Waals surface area contributed by atoms with Gasteiger partial charge in [0.05, 0.1) is 18.2 Å². The SMILES string of the molecule is CC1C=CC=CC1.Cc1ccc(C(=O)C2CCCN2C(=O)OC(C)(C)C)cc1F.Cc1ccc(C(O)C2CCCN2C(=O)OC(C)(C)C)cc1F.c1ccccc1. The van der Waals surface area contributed by atoms with E-state index in [9.17, 15) is 28.3 Å². The number of hydrogen-bond donors (Lipinski definition) is 1. The third kappa shape index (κ3) is 15.6. The maximum absolute atomic E-state index is 13.7. The topological polar surface area (TPSA) is 96.4 Å². The van der Waals surface area contributed by atoms with Gasteiger partial charge in [0.15, 0.2) is 5.78 Å². The number of benzene rings is 3. The van der Waals surface area contributed by atoms with E-state index in [1.807, 2.05) is 57.2 Å². The molecule has 0 aromatic heterocycles. The quantitative estimate of drug-likeness (QED) is 0.265. The minimum absolute atomic E-state index is 0.234. The van der Waals surface area contributed by atoms with Gasteiger partial charge >= 0.3 is 12.2 Å². The number of aryl methyl sites for hydroxylation is 2. The van der Waals surface area contributed by atoms with Gasteiger partial charge in [-0.3, -0.25) is 9.69 Å². The van der Waals surface area contributed by atoms with E-state index in [1.54, 1.807) is 63.8 Å². The molecule has 0 saturated carbocycles. The van der Waals surface area contributed by atoms with Crippen LogP contribution in [0.2, 0.25) is 0 Å². The number of ketones is 1. The first-order valence-corrected chi connectivity index (χ1v) is 19.8. The van der Waals surface area contributed by atoms with Crippen molar-refractivity contribution in [3.8, 4) is 0 Å². The fourth-order valence-electron chi connectivity index (χ4n) is 6.29. The van der Waals surface area contributed by atoms with Gasteiger partial charge < -0.3 is 19.5 Å². The van der Waals surface area contributed by atoms with Crippen LogP contribution in [0.3, 0.4) is 0 Å². The Balaban J connectivity index is 0.000000232. The first kappa shape index (κ1) is 46.6. The van der Waals surface area contributed by atoms with E-state index in [1.165, 1.54) is 23.5 Å². The Labute approximate surface area is 338 Å². The van der Waals surface area contributed by atoms with E-state index in [0.717, 1.165) is 18.8 Å². The maximum atomic E-state index is 13.7. The zero-order valence-corrected chi connectivity index (χ0v) is 35.1. The lowest BCUT2D eigenvalue weighted by atomic mass is 9.99. The molecule has 0 bridgehead atoms. The van der Waals surface area contributed by atoms with Crippen LogP contribution in [-0.4, -0.2) is 69.3 Å². The van der Waals surface area contributed by atoms with Gasteiger partial charge in [-0.2, -0.15) is 0 Å². The Morgan fingerprint density at radius 2 is 1.25 bits per heavy atom. The second-order valence-corrected chi connectivity index (χ2v) is 16.7. The summed E-state index contributed by atoms with van der Waals surface area (Å²) in [6, 6.07) is 20.2. The van der Waals surface area contributed by atoms with Crippen LogP contribution in [0.1, 0.15) is 114 Å². The number of aliphatic hydroxyl groups excluding tert-OH is 1. The minimum Gasteiger partial charge on any atom is -0.444 e. The first-order chi connectivity index (χ1) is 26.8. The summed E-state index contributed by atoms with van der Waals surface area (Å²) in [6.07, 6.45) is 10.8. The Morgan fingerprint density at radius 3 is 1.72 bits per heavy atom. The molecule has 4 atom stereocenters. The summed E-state index contributed by atoms with van der Waals surface area (Å²) in [6.45, 7) is 17.4. The highest BCUT2D eigenvalue weighted by molar-refractivity contribution is 6.01. The highest BCUT2D eigenvalue weighted by atomic mass is 19.1. The highest BCUT2D eigenvalue weighted by Crippen LogP contribution is 2.31. The zero-order chi connectivity index (χ0) is 42.3. The monoisotopic (exact) mass is 788 g/mol. The lowest BCUT2D eigenvalue weighted by Crippen LogP contribution is -2.43. The number of aliphatic hydroxyl groups is 1. The van der Waals surface area contributed by atoms with Crippen LogP contribution in [0.25, 0.3) is 0 Å². The Morgan fingerprint density at radius 1 is 0.737 bits per heavy atom. The Kier molecular flexibility index (Phi) is 17.7. The molecule has 10 heteroatoms. The van der Waals surface area contributed by atoms with Crippen molar-refractivity contribution in [2.75, 3.05) is 13.1 Å². The summed E-state index contributed by atoms with van der Waals surface area (Å²) in [5, 5.41) is 10.5. The lowest BCUT2D eigenvalue weighted by molar-refractivity contribution is 0.00483. The van der Waals surface area contributed by atoms with E-state index < -0.39 is 41.4 Å². The van der Waals surface area contributed by atoms with Crippen molar-refractivity contribution in [1.29, 1.82) is 0 Å². The fourth-order valence-corrected chi connectivity index (χ4v) is 6.29. The molecule has 0 spiro atoms. The maximum Gasteiger partial charge on any atom is 0.410 e. The molecule has 2 amide bonds. The lowest BCUT2D eigenvalue weighted by Gasteiger charge is -2.31. The third-order valence-corrected chi connectivity index (χ3v) is 9.33. The van der Waals surface area contributed by atoms with Gasteiger partial charge in [-0.25, -0.2) is 18.4 Å². The van der Waals surface area contributed by atoms with E-state index in [2.05, 4.69) is 31.2 Å². The van der Waals surface area contributed by atoms with Gasteiger partial charge in [0.2, 0.25) is 0 Å². The molecule has 2 heterocycles. The molecule has 57 heavy (non-hydrogen) atoms. The molecule has 1 aliphatic carbocycles. The van der Waals surface area contributed by atoms with Gasteiger partial charge in [-0.15, -0.1) is 0 Å². The van der Waals surface area contributed by atoms with Crippen molar-refractivity contribution in [1.82, 2.24) is 9.80 Å². The molecular weight excluding hydrogens is 727 g/mol. The van der Waals surface area contributed by atoms with Crippen molar-refractivity contribution in [2.24, 2.45) is 5.92 Å². The van der Waals surface area contributed by atoms with Crippen LogP contribution >= 0.6 is 0 Å². The van der Waals surface area contributed by atoms with Crippen molar-refractivity contribution in [2.45, 2.75) is 124 Å². The number of halogens is 2. The predicted octanol–water partition coefficient (Wildman–Crippen LogP) is 11.1. The number of ether oxygens (including phenoxy) is 2. The van der Waals surface area contributed by atoms with Crippen LogP contribution in [0.15, 0.2) is 97.1 Å². The van der Waals surface area contributed by atoms with Gasteiger partial charge in [-0.1, -0.05) is 91.9 Å². The molecule has 2 fully saturated rings. The van der Waals surface area contributed by atoms with Crippen molar-refractivity contribution >= 4 is 18.0 Å². The average molecular weight is 789 g/mol. The molecule has 4 unspecified atom stereocenters. The first-order valence-electron chi connectivity index (χ1n) is 19.8. The number of carbonyl (C=O) groups is 3. The average Bonchev–Trinajstić information content (AvgIpc) is 3.85. The number of likely N-dealkylation sites (tertiary alicyclic amines) is 2. The zero-order valence-electron chi connectivity index (χ0n) is 35.1. The number of rotatable bonds is 4. The number of carbonyl (C=O) groups excluding carboxylic acids is 3. The standard InChI is InChI=1S/C17H24FNO3.C17H22FNO3.C7H10.C6H6/c2*1-11-7-8-12(10-13(11)18)15(20)14-6-5-9-19(14)16(21)22-17(2,3)4;1-7-5-3-2-4-6-7;1-2-4-6-5-3-1/h7-8,10,14-15,20H,5-6,9H2,1-4H3;7-8,10,14H,5-6,9H2,1-4H3;2-5,7H,6H2,1H3;1-6H. The predicted molar refractivity (Wildman–Crippen MR) is 222 cm³/mol. The van der Waals surface area contributed by atoms with E-state index in [-0.39, 0.29) is 17.6 Å². The van der Waals surface area contributed by atoms with Crippen LogP contribution in [0.5, 0.6) is 0 Å². The summed E-state index contributed by atoms with van der Waals surface area (Å²) in [5.74, 6) is -0.224. The molecule has 3 aromatic rings. The third-order valence-electron chi connectivity index (χ3n) is 9.33. The number of nitrogens with zero attached hydrogens (tertiary/aromatic N) is 2. The molecule has 2 aliphatic heterocycles. The molecular formula is C47H62F2N2O6. The van der Waals surface area contributed by atoms with Gasteiger partial charge in [-0.05, 0) is 122 Å². The summed E-state index contributed by atoms with van der Waals surface area (Å²) in [4.78, 5) is 40.0. The van der Waals surface area contributed by atoms with Crippen LogP contribution in [0, 0.1) is 31.4 Å². The minimum atomic E-state index is -0.912. The van der Waals surface area contributed by atoms with Crippen molar-refractivity contribution in [3.63, 3.8) is 0 Å². The van der Waals surface area contributed by atoms with Crippen LogP contribution < -0.4 is 0 Å². The second kappa shape index (κ2) is 21.6. The summed E-state index contributed by atoms with van der Waals surface area (Å²) in [7, 11) is 0. The highest BCUT2D eigenvalue weighted by Gasteiger charge is 2.38. The normalized spacial score (nSPS) is 19.2. The molecule has 310 valence electrons. The number of amides is 2. The Bertz CT molecular complexity index is 1790. The van der Waals surface area contributed by atoms with Gasteiger partial charge in [0.25, 0.3) is 0 Å². The Hall–Kier alpha value is -4.83. The summed E-state index contributed by atoms with van der Waals surface area (Å²) >= 11 is 0. The van der Waals surface area contributed by atoms with Crippen molar-refractivity contribution < 1.29 is 37.7 Å². The molecule has 1 N–H and O–H groups in total. The smallest absolute Gasteiger partial charge is 0.410 e. The van der Waals surface area contributed by atoms with E-state index in [4.69, 9.17) is 9.47 Å². The molecule has 0 radical (unpaired) electrons. The number of Topliss-reactive ketones (excluding diaryl/α,β-unsaturated/α-hetero) is 1. The van der Waals surface area contributed by atoms with Crippen LogP contribution in [0.4, 0.5) is 18.4 Å². The van der Waals surface area contributed by atoms with Crippen LogP contribution in [-0.2, 0) is 9.47 Å². The van der Waals surface area contributed by atoms with Crippen molar-refractivity contribution in [3.05, 3.63) is 131 Å². The summed E-state index contributed by atoms with van der Waals surface area (Å²) in [5.41, 5.74) is 0.624. The van der Waals surface area contributed by atoms with E-state index in [0.29, 0.717) is 48.2 Å². The summed E-state index contributed by atoms with van der Waals surface area (Å²) < 4.78 is 38.1. The van der Waals surface area contributed by atoms with E-state index >= 15 is 0 Å². The number of hydrogen-bond acceptors (Lipinski definition) is 6. The van der Waals surface area contributed by atoms with Gasteiger partial charge in [0, 0.05) is 18.7 Å². The molecule has 3 aliphatic rings. The molecule has 3 aromatic carbocycles. The second-order valence-electron chi connectivity index (χ2n) is 16.7. The number of allylic oxidation sites excluding steroid dienone is 4. The fraction of sp³-hybridized carbons (Fsp3) is 0.468. The van der Waals surface area contributed by atoms with Gasteiger partial charge in [0.1, 0.15) is 22.8 Å². The molecule has 2 saturated heterocycles. The molecule has 6 rings (SSSR count). The largest absolute Gasteiger partial charge is 0.444 e. The molecule has 8 nitrogen and oxygen atoms in total.